The molecule has 0 rings (SSSR count). The van der Waals surface area contributed by atoms with Crippen LogP contribution in [0.3, 0.4) is 0 Å². The van der Waals surface area contributed by atoms with E-state index >= 15 is 0 Å². The van der Waals surface area contributed by atoms with Gasteiger partial charge in [0.1, 0.15) is 0 Å². The molecular weight excluding hydrogens is 248 g/mol. The zero-order valence-corrected chi connectivity index (χ0v) is 11.7. The van der Waals surface area contributed by atoms with Crippen LogP contribution in [0.2, 0.25) is 0 Å². The number of carboxylic acids is 1. The van der Waals surface area contributed by atoms with Gasteiger partial charge in [0.15, 0.2) is 0 Å². The first-order chi connectivity index (χ1) is 8.95. The molecule has 110 valence electrons. The molecule has 0 fully saturated rings. The molecule has 0 saturated heterocycles. The monoisotopic (exact) mass is 272 g/mol. The van der Waals surface area contributed by atoms with E-state index in [9.17, 15) is 14.4 Å². The van der Waals surface area contributed by atoms with E-state index in [0.717, 1.165) is 19.3 Å². The summed E-state index contributed by atoms with van der Waals surface area (Å²) in [6.07, 6.45) is 3.43. The third-order valence-corrected chi connectivity index (χ3v) is 2.73. The Morgan fingerprint density at radius 1 is 1.16 bits per heavy atom. The van der Waals surface area contributed by atoms with Crippen LogP contribution < -0.4 is 10.6 Å². The van der Waals surface area contributed by atoms with Crippen molar-refractivity contribution in [3.63, 3.8) is 0 Å². The van der Waals surface area contributed by atoms with Crippen molar-refractivity contribution in [1.82, 2.24) is 10.6 Å². The highest BCUT2D eigenvalue weighted by molar-refractivity contribution is 5.77. The lowest BCUT2D eigenvalue weighted by Crippen LogP contribution is -2.35. The molecular formula is C13H24N2O4. The molecule has 0 bridgehead atoms. The zero-order chi connectivity index (χ0) is 14.7. The van der Waals surface area contributed by atoms with Crippen LogP contribution in [0.15, 0.2) is 0 Å². The highest BCUT2D eigenvalue weighted by atomic mass is 16.4. The van der Waals surface area contributed by atoms with Crippen LogP contribution in [-0.4, -0.2) is 35.5 Å². The summed E-state index contributed by atoms with van der Waals surface area (Å²) >= 11 is 0. The number of rotatable bonds is 10. The maximum atomic E-state index is 11.6. The average Bonchev–Trinajstić information content (AvgIpc) is 2.31. The number of carbonyl (C=O) groups excluding carboxylic acids is 2. The van der Waals surface area contributed by atoms with Crippen molar-refractivity contribution in [3.8, 4) is 0 Å². The fraction of sp³-hybridized carbons (Fsp3) is 0.769. The van der Waals surface area contributed by atoms with Crippen molar-refractivity contribution >= 4 is 17.8 Å². The lowest BCUT2D eigenvalue weighted by molar-refractivity contribution is -0.137. The molecule has 6 heteroatoms. The maximum Gasteiger partial charge on any atom is 0.305 e. The third kappa shape index (κ3) is 11.2. The molecule has 2 amide bonds. The van der Waals surface area contributed by atoms with Crippen LogP contribution >= 0.6 is 0 Å². The fourth-order valence-electron chi connectivity index (χ4n) is 1.66. The molecule has 0 spiro atoms. The van der Waals surface area contributed by atoms with E-state index in [2.05, 4.69) is 10.6 Å². The number of nitrogens with one attached hydrogen (secondary N) is 2. The Hall–Kier alpha value is -1.59. The minimum absolute atomic E-state index is 0.0369. The average molecular weight is 272 g/mol. The van der Waals surface area contributed by atoms with Gasteiger partial charge in [0, 0.05) is 25.9 Å². The van der Waals surface area contributed by atoms with Gasteiger partial charge in [-0.25, -0.2) is 0 Å². The Morgan fingerprint density at radius 2 is 1.84 bits per heavy atom. The molecule has 1 atom stereocenters. The molecule has 0 aromatic heterocycles. The smallest absolute Gasteiger partial charge is 0.305 e. The first-order valence-corrected chi connectivity index (χ1v) is 6.71. The van der Waals surface area contributed by atoms with E-state index in [1.807, 2.05) is 6.92 Å². The zero-order valence-electron chi connectivity index (χ0n) is 11.7. The quantitative estimate of drug-likeness (QED) is 0.518. The van der Waals surface area contributed by atoms with Crippen LogP contribution in [0, 0.1) is 0 Å². The van der Waals surface area contributed by atoms with Crippen molar-refractivity contribution in [1.29, 1.82) is 0 Å². The van der Waals surface area contributed by atoms with Crippen LogP contribution in [0.1, 0.15) is 52.4 Å². The number of hydrogen-bond donors (Lipinski definition) is 3. The summed E-state index contributed by atoms with van der Waals surface area (Å²) in [6, 6.07) is -0.288. The van der Waals surface area contributed by atoms with Crippen LogP contribution in [0.4, 0.5) is 0 Å². The van der Waals surface area contributed by atoms with Gasteiger partial charge >= 0.3 is 5.97 Å². The Labute approximate surface area is 113 Å². The summed E-state index contributed by atoms with van der Waals surface area (Å²) in [6.45, 7) is 3.95. The summed E-state index contributed by atoms with van der Waals surface area (Å²) < 4.78 is 0. The number of aliphatic carboxylic acids is 1. The molecule has 0 aliphatic heterocycles. The van der Waals surface area contributed by atoms with E-state index in [1.165, 1.54) is 6.92 Å². The Kier molecular flexibility index (Phi) is 9.48. The van der Waals surface area contributed by atoms with Gasteiger partial charge in [-0.1, -0.05) is 13.3 Å². The molecule has 0 heterocycles. The lowest BCUT2D eigenvalue weighted by Gasteiger charge is -2.14. The minimum atomic E-state index is -0.901. The minimum Gasteiger partial charge on any atom is -0.481 e. The first kappa shape index (κ1) is 17.4. The number of carbonyl (C=O) groups is 3. The molecule has 6 nitrogen and oxygen atoms in total. The largest absolute Gasteiger partial charge is 0.481 e. The lowest BCUT2D eigenvalue weighted by atomic mass is 10.1. The normalized spacial score (nSPS) is 11.7. The Morgan fingerprint density at radius 3 is 2.37 bits per heavy atom. The third-order valence-electron chi connectivity index (χ3n) is 2.73. The molecule has 0 radical (unpaired) electrons. The first-order valence-electron chi connectivity index (χ1n) is 6.71. The summed E-state index contributed by atoms with van der Waals surface area (Å²) in [5, 5.41) is 14.1. The topological polar surface area (TPSA) is 95.5 Å². The molecule has 0 aromatic carbocycles. The SMILES string of the molecule is CCC(CC(=O)O)NC(=O)CCCCCNC(C)=O. The molecule has 3 N–H and O–H groups in total. The summed E-state index contributed by atoms with van der Waals surface area (Å²) in [4.78, 5) is 32.7. The van der Waals surface area contributed by atoms with Crippen LogP contribution in [0.25, 0.3) is 0 Å². The summed E-state index contributed by atoms with van der Waals surface area (Å²) in [5.74, 6) is -1.05. The molecule has 0 aliphatic carbocycles. The van der Waals surface area contributed by atoms with E-state index in [0.29, 0.717) is 19.4 Å². The number of carboxylic acid groups (broad SMARTS) is 1. The number of hydrogen-bond acceptors (Lipinski definition) is 3. The summed E-state index contributed by atoms with van der Waals surface area (Å²) in [5.41, 5.74) is 0. The molecule has 0 aromatic rings. The fourth-order valence-corrected chi connectivity index (χ4v) is 1.66. The van der Waals surface area contributed by atoms with Crippen molar-refractivity contribution in [2.45, 2.75) is 58.4 Å². The van der Waals surface area contributed by atoms with Gasteiger partial charge in [-0.2, -0.15) is 0 Å². The van der Waals surface area contributed by atoms with Gasteiger partial charge in [-0.3, -0.25) is 14.4 Å². The predicted octanol–water partition coefficient (Wildman–Crippen LogP) is 1.05. The van der Waals surface area contributed by atoms with Gasteiger partial charge < -0.3 is 15.7 Å². The van der Waals surface area contributed by atoms with Crippen molar-refractivity contribution in [2.24, 2.45) is 0 Å². The van der Waals surface area contributed by atoms with Crippen molar-refractivity contribution in [3.05, 3.63) is 0 Å². The molecule has 1 unspecified atom stereocenters. The second-order valence-corrected chi connectivity index (χ2v) is 4.56. The Balaban J connectivity index is 3.62. The number of amides is 2. The molecule has 19 heavy (non-hydrogen) atoms. The standard InChI is InChI=1S/C13H24N2O4/c1-3-11(9-13(18)19)15-12(17)7-5-4-6-8-14-10(2)16/h11H,3-9H2,1-2H3,(H,14,16)(H,15,17)(H,18,19). The molecule has 0 saturated carbocycles. The van der Waals surface area contributed by atoms with E-state index in [1.54, 1.807) is 0 Å². The second-order valence-electron chi connectivity index (χ2n) is 4.56. The van der Waals surface area contributed by atoms with Gasteiger partial charge in [0.05, 0.1) is 6.42 Å². The van der Waals surface area contributed by atoms with Crippen molar-refractivity contribution in [2.75, 3.05) is 6.54 Å². The highest BCUT2D eigenvalue weighted by Gasteiger charge is 2.13. The van der Waals surface area contributed by atoms with E-state index in [-0.39, 0.29) is 24.3 Å². The second kappa shape index (κ2) is 10.3. The van der Waals surface area contributed by atoms with E-state index in [4.69, 9.17) is 5.11 Å². The van der Waals surface area contributed by atoms with Crippen LogP contribution in [0.5, 0.6) is 0 Å². The number of unbranched alkanes of at least 4 members (excludes halogenated alkanes) is 2. The van der Waals surface area contributed by atoms with Crippen molar-refractivity contribution < 1.29 is 19.5 Å². The maximum absolute atomic E-state index is 11.6. The Bertz CT molecular complexity index is 305. The van der Waals surface area contributed by atoms with Crippen LogP contribution in [-0.2, 0) is 14.4 Å². The van der Waals surface area contributed by atoms with Gasteiger partial charge in [-0.15, -0.1) is 0 Å². The van der Waals surface area contributed by atoms with Gasteiger partial charge in [-0.05, 0) is 19.3 Å². The highest BCUT2D eigenvalue weighted by Crippen LogP contribution is 2.02. The van der Waals surface area contributed by atoms with Gasteiger partial charge in [0.25, 0.3) is 0 Å². The molecule has 0 aliphatic rings. The predicted molar refractivity (Wildman–Crippen MR) is 71.6 cm³/mol. The summed E-state index contributed by atoms with van der Waals surface area (Å²) in [7, 11) is 0. The van der Waals surface area contributed by atoms with E-state index < -0.39 is 5.97 Å². The van der Waals surface area contributed by atoms with Gasteiger partial charge in [0.2, 0.25) is 11.8 Å².